The highest BCUT2D eigenvalue weighted by Crippen LogP contribution is 2.65. The molecule has 3 saturated carbocycles. The van der Waals surface area contributed by atoms with Crippen molar-refractivity contribution >= 4 is 17.9 Å². The predicted molar refractivity (Wildman–Crippen MR) is 128 cm³/mol. The molecular formula is C25H44N4O4. The fourth-order valence-corrected chi connectivity index (χ4v) is 6.66. The van der Waals surface area contributed by atoms with Crippen LogP contribution in [0.3, 0.4) is 0 Å². The van der Waals surface area contributed by atoms with Crippen LogP contribution in [0.15, 0.2) is 0 Å². The number of urea groups is 1. The number of hydrogen-bond acceptors (Lipinski definition) is 4. The van der Waals surface area contributed by atoms with E-state index in [1.54, 1.807) is 0 Å². The van der Waals surface area contributed by atoms with E-state index in [-0.39, 0.29) is 29.2 Å². The van der Waals surface area contributed by atoms with Gasteiger partial charge < -0.3 is 26.8 Å². The maximum absolute atomic E-state index is 13.4. The Kier molecular flexibility index (Phi) is 8.30. The Hall–Kier alpha value is -1.83. The van der Waals surface area contributed by atoms with Crippen LogP contribution >= 0.6 is 0 Å². The van der Waals surface area contributed by atoms with Crippen LogP contribution in [-0.2, 0) is 9.59 Å². The van der Waals surface area contributed by atoms with Crippen molar-refractivity contribution in [3.8, 4) is 0 Å². The summed E-state index contributed by atoms with van der Waals surface area (Å²) in [4.78, 5) is 37.6. The molecular weight excluding hydrogens is 420 g/mol. The van der Waals surface area contributed by atoms with Crippen LogP contribution in [0.25, 0.3) is 0 Å². The topological polar surface area (TPSA) is 134 Å². The molecule has 3 amide bonds. The maximum atomic E-state index is 13.4. The predicted octanol–water partition coefficient (Wildman–Crippen LogP) is 3.15. The lowest BCUT2D eigenvalue weighted by Crippen LogP contribution is -2.55. The lowest BCUT2D eigenvalue weighted by atomic mass is 9.71. The van der Waals surface area contributed by atoms with Gasteiger partial charge in [0.1, 0.15) is 12.1 Å². The minimum atomic E-state index is -1.09. The average Bonchev–Trinajstić information content (AvgIpc) is 3.09. The van der Waals surface area contributed by atoms with E-state index in [0.29, 0.717) is 31.2 Å². The fraction of sp³-hybridized carbons (Fsp3) is 0.880. The number of carbonyl (C=O) groups excluding carboxylic acids is 2. The van der Waals surface area contributed by atoms with Gasteiger partial charge in [-0.2, -0.15) is 0 Å². The van der Waals surface area contributed by atoms with E-state index in [4.69, 9.17) is 5.73 Å². The van der Waals surface area contributed by atoms with E-state index in [0.717, 1.165) is 38.5 Å². The fourth-order valence-electron chi connectivity index (χ4n) is 6.66. The Labute approximate surface area is 198 Å². The number of aliphatic carboxylic acids is 1. The number of amides is 3. The highest BCUT2D eigenvalue weighted by molar-refractivity contribution is 5.89. The quantitative estimate of drug-likeness (QED) is 0.339. The van der Waals surface area contributed by atoms with Gasteiger partial charge in [0.25, 0.3) is 0 Å². The molecule has 2 bridgehead atoms. The molecule has 0 radical (unpaired) electrons. The summed E-state index contributed by atoms with van der Waals surface area (Å²) in [5.41, 5.74) is 5.91. The van der Waals surface area contributed by atoms with Crippen LogP contribution in [0.2, 0.25) is 0 Å². The van der Waals surface area contributed by atoms with Gasteiger partial charge in [-0.15, -0.1) is 0 Å². The van der Waals surface area contributed by atoms with Gasteiger partial charge in [0.05, 0.1) is 0 Å². The van der Waals surface area contributed by atoms with Crippen molar-refractivity contribution in [2.45, 2.75) is 110 Å². The molecule has 0 spiro atoms. The summed E-state index contributed by atoms with van der Waals surface area (Å²) in [5, 5.41) is 18.0. The van der Waals surface area contributed by atoms with Gasteiger partial charge in [0, 0.05) is 6.04 Å². The number of carbonyl (C=O) groups is 3. The summed E-state index contributed by atoms with van der Waals surface area (Å²) in [7, 11) is 0. The molecule has 0 aromatic carbocycles. The van der Waals surface area contributed by atoms with E-state index in [1.807, 2.05) is 0 Å². The molecule has 33 heavy (non-hydrogen) atoms. The third kappa shape index (κ3) is 5.81. The van der Waals surface area contributed by atoms with Gasteiger partial charge >= 0.3 is 12.0 Å². The molecule has 3 aliphatic rings. The Morgan fingerprint density at radius 3 is 2.24 bits per heavy atom. The van der Waals surface area contributed by atoms with Crippen LogP contribution < -0.4 is 21.7 Å². The van der Waals surface area contributed by atoms with Crippen LogP contribution in [0.5, 0.6) is 0 Å². The Morgan fingerprint density at radius 1 is 1.03 bits per heavy atom. The summed E-state index contributed by atoms with van der Waals surface area (Å²) in [6.45, 7) is 7.32. The van der Waals surface area contributed by atoms with Gasteiger partial charge in [0.2, 0.25) is 5.91 Å². The third-order valence-electron chi connectivity index (χ3n) is 9.19. The lowest BCUT2D eigenvalue weighted by molar-refractivity contribution is -0.139. The largest absolute Gasteiger partial charge is 0.480 e. The minimum Gasteiger partial charge on any atom is -0.480 e. The van der Waals surface area contributed by atoms with Gasteiger partial charge in [-0.05, 0) is 67.7 Å². The van der Waals surface area contributed by atoms with Gasteiger partial charge in [-0.1, -0.05) is 52.9 Å². The van der Waals surface area contributed by atoms with E-state index in [9.17, 15) is 19.5 Å². The summed E-state index contributed by atoms with van der Waals surface area (Å²) >= 11 is 0. The Morgan fingerprint density at radius 2 is 1.70 bits per heavy atom. The Balaban J connectivity index is 1.65. The SMILES string of the molecule is CC12CCC(C(NC(=O)[C@@H](CC3CCCCC3)NC(=O)N[C@@H](CCCN)C(=O)O)C1)C2(C)C. The minimum absolute atomic E-state index is 0.126. The number of hydrogen-bond donors (Lipinski definition) is 5. The van der Waals surface area contributed by atoms with E-state index in [1.165, 1.54) is 12.8 Å². The summed E-state index contributed by atoms with van der Waals surface area (Å²) < 4.78 is 0. The second kappa shape index (κ2) is 10.6. The normalized spacial score (nSPS) is 30.4. The number of carboxylic acid groups (broad SMARTS) is 1. The van der Waals surface area contributed by atoms with Gasteiger partial charge in [-0.3, -0.25) is 4.79 Å². The first kappa shape index (κ1) is 25.8. The first-order valence-corrected chi connectivity index (χ1v) is 12.9. The van der Waals surface area contributed by atoms with E-state index >= 15 is 0 Å². The standard InChI is InChI=1S/C25H44N4O4/c1-24(2)17-11-12-25(24,3)15-20(17)27-21(30)19(14-16-8-5-4-6-9-16)29-23(33)28-18(22(31)32)10-7-13-26/h16-20H,4-15,26H2,1-3H3,(H,27,30)(H,31,32)(H2,28,29,33)/t17?,18-,19+,20?,25?/m0/s1. The third-order valence-corrected chi connectivity index (χ3v) is 9.19. The molecule has 3 aliphatic carbocycles. The number of fused-ring (bicyclic) bond motifs is 2. The molecule has 8 nitrogen and oxygen atoms in total. The van der Waals surface area contributed by atoms with Gasteiger partial charge in [0.15, 0.2) is 0 Å². The lowest BCUT2D eigenvalue weighted by Gasteiger charge is -2.33. The zero-order chi connectivity index (χ0) is 24.2. The molecule has 3 fully saturated rings. The number of nitrogens with one attached hydrogen (secondary N) is 3. The number of nitrogens with two attached hydrogens (primary N) is 1. The van der Waals surface area contributed by atoms with E-state index < -0.39 is 24.1 Å². The summed E-state index contributed by atoms with van der Waals surface area (Å²) in [6, 6.07) is -2.15. The molecule has 188 valence electrons. The zero-order valence-electron chi connectivity index (χ0n) is 20.6. The van der Waals surface area contributed by atoms with Crippen LogP contribution in [0.1, 0.15) is 91.4 Å². The van der Waals surface area contributed by atoms with E-state index in [2.05, 4.69) is 36.7 Å². The molecule has 0 aromatic heterocycles. The zero-order valence-corrected chi connectivity index (χ0v) is 20.6. The molecule has 8 heteroatoms. The van der Waals surface area contributed by atoms with Crippen molar-refractivity contribution in [2.24, 2.45) is 28.4 Å². The smallest absolute Gasteiger partial charge is 0.326 e. The molecule has 0 aliphatic heterocycles. The second-order valence-electron chi connectivity index (χ2n) is 11.5. The average molecular weight is 465 g/mol. The molecule has 3 rings (SSSR count). The highest BCUT2D eigenvalue weighted by atomic mass is 16.4. The maximum Gasteiger partial charge on any atom is 0.326 e. The second-order valence-corrected chi connectivity index (χ2v) is 11.5. The number of rotatable bonds is 10. The van der Waals surface area contributed by atoms with Gasteiger partial charge in [-0.25, -0.2) is 9.59 Å². The van der Waals surface area contributed by atoms with Crippen molar-refractivity contribution in [2.75, 3.05) is 6.54 Å². The first-order chi connectivity index (χ1) is 15.6. The summed E-state index contributed by atoms with van der Waals surface area (Å²) in [5.74, 6) is -0.384. The molecule has 5 atom stereocenters. The molecule has 0 heterocycles. The van der Waals surface area contributed by atoms with Crippen LogP contribution in [-0.4, -0.2) is 47.7 Å². The monoisotopic (exact) mass is 464 g/mol. The van der Waals surface area contributed by atoms with Crippen molar-refractivity contribution in [3.05, 3.63) is 0 Å². The van der Waals surface area contributed by atoms with Crippen molar-refractivity contribution in [1.82, 2.24) is 16.0 Å². The van der Waals surface area contributed by atoms with Crippen molar-refractivity contribution in [3.63, 3.8) is 0 Å². The first-order valence-electron chi connectivity index (χ1n) is 12.9. The molecule has 6 N–H and O–H groups in total. The molecule has 3 unspecified atom stereocenters. The van der Waals surface area contributed by atoms with Crippen molar-refractivity contribution < 1.29 is 19.5 Å². The summed E-state index contributed by atoms with van der Waals surface area (Å²) in [6.07, 6.45) is 10.3. The highest BCUT2D eigenvalue weighted by Gasteiger charge is 2.60. The van der Waals surface area contributed by atoms with Crippen LogP contribution in [0.4, 0.5) is 4.79 Å². The van der Waals surface area contributed by atoms with Crippen molar-refractivity contribution in [1.29, 1.82) is 0 Å². The number of carboxylic acids is 1. The van der Waals surface area contributed by atoms with Crippen LogP contribution in [0, 0.1) is 22.7 Å². The Bertz CT molecular complexity index is 718. The molecule has 0 aromatic rings. The molecule has 0 saturated heterocycles.